The van der Waals surface area contributed by atoms with E-state index in [2.05, 4.69) is 10.3 Å². The van der Waals surface area contributed by atoms with Crippen LogP contribution in [-0.4, -0.2) is 11.5 Å². The van der Waals surface area contributed by atoms with Gasteiger partial charge in [0.1, 0.15) is 5.52 Å². The Hall–Kier alpha value is -2.29. The summed E-state index contributed by atoms with van der Waals surface area (Å²) in [7, 11) is 0. The van der Waals surface area contributed by atoms with Gasteiger partial charge in [0.25, 0.3) is 0 Å². The van der Waals surface area contributed by atoms with Crippen LogP contribution in [0.25, 0.3) is 11.1 Å². The summed E-state index contributed by atoms with van der Waals surface area (Å²) >= 11 is 0. The molecule has 0 amide bonds. The molecular formula is C15H14N2O. The zero-order valence-corrected chi connectivity index (χ0v) is 9.97. The summed E-state index contributed by atoms with van der Waals surface area (Å²) in [6, 6.07) is 18.0. The Bertz CT molecular complexity index is 598. The van der Waals surface area contributed by atoms with Crippen molar-refractivity contribution in [1.82, 2.24) is 4.98 Å². The van der Waals surface area contributed by atoms with Crippen LogP contribution in [0.15, 0.2) is 59.0 Å². The molecule has 3 rings (SSSR count). The number of rotatable bonds is 4. The van der Waals surface area contributed by atoms with Crippen LogP contribution in [0.3, 0.4) is 0 Å². The Morgan fingerprint density at radius 2 is 1.72 bits per heavy atom. The fourth-order valence-corrected chi connectivity index (χ4v) is 1.90. The van der Waals surface area contributed by atoms with E-state index >= 15 is 0 Å². The molecule has 3 heteroatoms. The lowest BCUT2D eigenvalue weighted by Gasteiger charge is -2.03. The van der Waals surface area contributed by atoms with Crippen molar-refractivity contribution >= 4 is 16.8 Å². The Labute approximate surface area is 105 Å². The van der Waals surface area contributed by atoms with Crippen LogP contribution in [0.5, 0.6) is 0 Å². The molecule has 0 aliphatic heterocycles. The van der Waals surface area contributed by atoms with Gasteiger partial charge in [0.15, 0.2) is 11.5 Å². The van der Waals surface area contributed by atoms with E-state index in [1.807, 2.05) is 54.6 Å². The predicted octanol–water partition coefficient (Wildman–Crippen LogP) is 3.48. The van der Waals surface area contributed by atoms with Gasteiger partial charge in [0.2, 0.25) is 0 Å². The van der Waals surface area contributed by atoms with E-state index in [1.54, 1.807) is 0 Å². The van der Waals surface area contributed by atoms with Crippen molar-refractivity contribution in [2.45, 2.75) is 6.42 Å². The van der Waals surface area contributed by atoms with Gasteiger partial charge in [0.05, 0.1) is 0 Å². The lowest BCUT2D eigenvalue weighted by molar-refractivity contribution is 0.534. The first-order valence-electron chi connectivity index (χ1n) is 6.05. The number of hydrogen-bond donors (Lipinski definition) is 1. The summed E-state index contributed by atoms with van der Waals surface area (Å²) in [5, 5.41) is 3.34. The Morgan fingerprint density at radius 3 is 2.56 bits per heavy atom. The number of nitrogens with one attached hydrogen (secondary N) is 1. The van der Waals surface area contributed by atoms with Crippen molar-refractivity contribution in [2.24, 2.45) is 0 Å². The second-order valence-corrected chi connectivity index (χ2v) is 4.12. The maximum atomic E-state index is 5.65. The number of nitrogens with zero attached hydrogens (tertiary/aromatic N) is 1. The van der Waals surface area contributed by atoms with Gasteiger partial charge < -0.3 is 9.73 Å². The van der Waals surface area contributed by atoms with Crippen LogP contribution in [0, 0.1) is 0 Å². The van der Waals surface area contributed by atoms with E-state index in [-0.39, 0.29) is 0 Å². The highest BCUT2D eigenvalue weighted by molar-refractivity contribution is 5.72. The maximum absolute atomic E-state index is 5.65. The molecule has 0 atom stereocenters. The zero-order chi connectivity index (χ0) is 12.2. The predicted molar refractivity (Wildman–Crippen MR) is 72.6 cm³/mol. The molecule has 18 heavy (non-hydrogen) atoms. The van der Waals surface area contributed by atoms with Crippen LogP contribution in [0.2, 0.25) is 0 Å². The highest BCUT2D eigenvalue weighted by Crippen LogP contribution is 2.15. The van der Waals surface area contributed by atoms with Crippen molar-refractivity contribution in [3.05, 3.63) is 60.5 Å². The summed E-state index contributed by atoms with van der Waals surface area (Å²) in [5.74, 6) is 0.777. The topological polar surface area (TPSA) is 38.1 Å². The Balaban J connectivity index is 1.63. The molecule has 3 nitrogen and oxygen atoms in total. The monoisotopic (exact) mass is 238 g/mol. The first-order valence-corrected chi connectivity index (χ1v) is 6.05. The minimum absolute atomic E-state index is 0.777. The van der Waals surface area contributed by atoms with E-state index in [0.29, 0.717) is 0 Å². The number of hydrogen-bond acceptors (Lipinski definition) is 3. The molecule has 3 aromatic rings. The minimum atomic E-state index is 0.777. The molecule has 1 N–H and O–H groups in total. The maximum Gasteiger partial charge on any atom is 0.197 e. The van der Waals surface area contributed by atoms with Crippen molar-refractivity contribution in [1.29, 1.82) is 0 Å². The summed E-state index contributed by atoms with van der Waals surface area (Å²) in [5.41, 5.74) is 2.90. The average molecular weight is 238 g/mol. The third kappa shape index (κ3) is 2.35. The van der Waals surface area contributed by atoms with Gasteiger partial charge in [-0.3, -0.25) is 0 Å². The molecule has 1 aromatic heterocycles. The van der Waals surface area contributed by atoms with Crippen LogP contribution >= 0.6 is 0 Å². The lowest BCUT2D eigenvalue weighted by atomic mass is 10.3. The van der Waals surface area contributed by atoms with Gasteiger partial charge >= 0.3 is 0 Å². The molecular weight excluding hydrogens is 224 g/mol. The highest BCUT2D eigenvalue weighted by atomic mass is 16.3. The van der Waals surface area contributed by atoms with Crippen LogP contribution in [-0.2, 0) is 6.42 Å². The molecule has 0 aliphatic rings. The lowest BCUT2D eigenvalue weighted by Crippen LogP contribution is -2.04. The summed E-state index contributed by atoms with van der Waals surface area (Å²) in [4.78, 5) is 4.44. The number of fused-ring (bicyclic) bond motifs is 1. The first kappa shape index (κ1) is 10.8. The normalized spacial score (nSPS) is 10.7. The van der Waals surface area contributed by atoms with Crippen molar-refractivity contribution in [2.75, 3.05) is 11.9 Å². The summed E-state index contributed by atoms with van der Waals surface area (Å²) in [6.45, 7) is 0.816. The molecule has 2 aromatic carbocycles. The quantitative estimate of drug-likeness (QED) is 0.756. The van der Waals surface area contributed by atoms with Crippen molar-refractivity contribution in [3.8, 4) is 0 Å². The fourth-order valence-electron chi connectivity index (χ4n) is 1.90. The van der Waals surface area contributed by atoms with E-state index < -0.39 is 0 Å². The van der Waals surface area contributed by atoms with Gasteiger partial charge in [-0.25, -0.2) is 4.98 Å². The second kappa shape index (κ2) is 4.92. The Morgan fingerprint density at radius 1 is 0.944 bits per heavy atom. The fraction of sp³-hybridized carbons (Fsp3) is 0.133. The van der Waals surface area contributed by atoms with Gasteiger partial charge in [0, 0.05) is 18.7 Å². The van der Waals surface area contributed by atoms with Gasteiger partial charge in [-0.2, -0.15) is 0 Å². The largest absolute Gasteiger partial charge is 0.441 e. The van der Waals surface area contributed by atoms with Crippen molar-refractivity contribution < 1.29 is 4.42 Å². The van der Waals surface area contributed by atoms with Crippen LogP contribution in [0.1, 0.15) is 5.89 Å². The minimum Gasteiger partial charge on any atom is -0.441 e. The molecule has 0 saturated heterocycles. The molecule has 0 spiro atoms. The molecule has 0 radical (unpaired) electrons. The standard InChI is InChI=1S/C15H14N2O/c1-2-6-12(7-3-1)16-11-10-15-17-13-8-4-5-9-14(13)18-15/h1-9,16H,10-11H2. The van der Waals surface area contributed by atoms with Crippen molar-refractivity contribution in [3.63, 3.8) is 0 Å². The second-order valence-electron chi connectivity index (χ2n) is 4.12. The number of para-hydroxylation sites is 3. The Kier molecular flexibility index (Phi) is 2.96. The number of aromatic nitrogens is 1. The number of benzene rings is 2. The van der Waals surface area contributed by atoms with Gasteiger partial charge in [-0.15, -0.1) is 0 Å². The number of anilines is 1. The molecule has 90 valence electrons. The number of oxazole rings is 1. The third-order valence-corrected chi connectivity index (χ3v) is 2.78. The first-order chi connectivity index (χ1) is 8.92. The molecule has 0 saturated carbocycles. The SMILES string of the molecule is c1ccc(NCCc2nc3ccccc3o2)cc1. The smallest absolute Gasteiger partial charge is 0.197 e. The van der Waals surface area contributed by atoms with Gasteiger partial charge in [-0.1, -0.05) is 30.3 Å². The van der Waals surface area contributed by atoms with Crippen LogP contribution < -0.4 is 5.32 Å². The van der Waals surface area contributed by atoms with E-state index in [1.165, 1.54) is 0 Å². The average Bonchev–Trinajstić information content (AvgIpc) is 2.82. The molecule has 1 heterocycles. The summed E-state index contributed by atoms with van der Waals surface area (Å²) < 4.78 is 5.65. The molecule has 0 unspecified atom stereocenters. The third-order valence-electron chi connectivity index (χ3n) is 2.78. The molecule has 0 bridgehead atoms. The van der Waals surface area contributed by atoms with E-state index in [4.69, 9.17) is 4.42 Å². The van der Waals surface area contributed by atoms with E-state index in [9.17, 15) is 0 Å². The van der Waals surface area contributed by atoms with Gasteiger partial charge in [-0.05, 0) is 24.3 Å². The molecule has 0 aliphatic carbocycles. The highest BCUT2D eigenvalue weighted by Gasteiger charge is 2.03. The zero-order valence-electron chi connectivity index (χ0n) is 9.97. The summed E-state index contributed by atoms with van der Waals surface area (Å²) in [6.07, 6.45) is 0.781. The van der Waals surface area contributed by atoms with Crippen LogP contribution in [0.4, 0.5) is 5.69 Å². The molecule has 0 fully saturated rings. The van der Waals surface area contributed by atoms with E-state index in [0.717, 1.165) is 35.6 Å².